The van der Waals surface area contributed by atoms with Crippen LogP contribution in [-0.2, 0) is 0 Å². The van der Waals surface area contributed by atoms with E-state index in [0.717, 1.165) is 13.0 Å². The zero-order chi connectivity index (χ0) is 12.5. The van der Waals surface area contributed by atoms with Gasteiger partial charge in [0, 0.05) is 19.6 Å². The largest absolute Gasteiger partial charge is 0.467 e. The van der Waals surface area contributed by atoms with Crippen molar-refractivity contribution < 1.29 is 14.6 Å². The Balaban J connectivity index is 2.67. The van der Waals surface area contributed by atoms with Gasteiger partial charge in [-0.25, -0.2) is 0 Å². The van der Waals surface area contributed by atoms with Crippen LogP contribution < -0.4 is 14.8 Å². The van der Waals surface area contributed by atoms with E-state index in [1.165, 1.54) is 7.11 Å². The Morgan fingerprint density at radius 2 is 2.00 bits per heavy atom. The number of nitrogens with one attached hydrogen (secondary N) is 1. The molecular weight excluding hydrogens is 224 g/mol. The Hall–Kier alpha value is -1.63. The molecule has 96 valence electrons. The van der Waals surface area contributed by atoms with Gasteiger partial charge in [0.15, 0.2) is 0 Å². The van der Waals surface area contributed by atoms with E-state index in [2.05, 4.69) is 20.3 Å². The number of methoxy groups -OCH3 is 1. The minimum absolute atomic E-state index is 0.0726. The number of ether oxygens (including phenoxy) is 2. The standard InChI is InChI=1S/C10H18N4O3/c1-3-5-11-8-12-9(16-2)14-10(13-8)17-7-4-6-15/h15H,3-7H2,1-2H3,(H,11,12,13,14). The zero-order valence-electron chi connectivity index (χ0n) is 10.1. The first-order chi connectivity index (χ1) is 8.30. The van der Waals surface area contributed by atoms with Gasteiger partial charge in [0.2, 0.25) is 5.95 Å². The van der Waals surface area contributed by atoms with Gasteiger partial charge in [0.05, 0.1) is 13.7 Å². The summed E-state index contributed by atoms with van der Waals surface area (Å²) < 4.78 is 10.2. The Kier molecular flexibility index (Phi) is 6.02. The number of aliphatic hydroxyl groups excluding tert-OH is 1. The summed E-state index contributed by atoms with van der Waals surface area (Å²) in [6.45, 7) is 3.24. The third kappa shape index (κ3) is 4.81. The molecule has 0 unspecified atom stereocenters. The minimum Gasteiger partial charge on any atom is -0.467 e. The summed E-state index contributed by atoms with van der Waals surface area (Å²) in [6.07, 6.45) is 1.50. The topological polar surface area (TPSA) is 89.4 Å². The Morgan fingerprint density at radius 1 is 1.24 bits per heavy atom. The number of anilines is 1. The van der Waals surface area contributed by atoms with Gasteiger partial charge < -0.3 is 19.9 Å². The molecule has 0 spiro atoms. The summed E-state index contributed by atoms with van der Waals surface area (Å²) >= 11 is 0. The smallest absolute Gasteiger partial charge is 0.324 e. The van der Waals surface area contributed by atoms with E-state index in [-0.39, 0.29) is 18.6 Å². The highest BCUT2D eigenvalue weighted by Gasteiger charge is 2.07. The lowest BCUT2D eigenvalue weighted by Crippen LogP contribution is -2.09. The van der Waals surface area contributed by atoms with E-state index in [9.17, 15) is 0 Å². The summed E-state index contributed by atoms with van der Waals surface area (Å²) in [5, 5.41) is 11.7. The molecule has 0 atom stereocenters. The first kappa shape index (κ1) is 13.4. The van der Waals surface area contributed by atoms with Gasteiger partial charge in [0.1, 0.15) is 0 Å². The molecule has 0 aliphatic rings. The highest BCUT2D eigenvalue weighted by molar-refractivity contribution is 5.27. The Bertz CT molecular complexity index is 335. The fraction of sp³-hybridized carbons (Fsp3) is 0.700. The van der Waals surface area contributed by atoms with Gasteiger partial charge in [-0.15, -0.1) is 4.98 Å². The van der Waals surface area contributed by atoms with Crippen molar-refractivity contribution in [2.24, 2.45) is 0 Å². The average molecular weight is 242 g/mol. The summed E-state index contributed by atoms with van der Waals surface area (Å²) in [4.78, 5) is 12.0. The fourth-order valence-corrected chi connectivity index (χ4v) is 1.04. The quantitative estimate of drug-likeness (QED) is 0.640. The molecule has 7 nitrogen and oxygen atoms in total. The number of nitrogens with zero attached hydrogens (tertiary/aromatic N) is 3. The molecule has 0 aliphatic carbocycles. The van der Waals surface area contributed by atoms with Crippen molar-refractivity contribution in [1.29, 1.82) is 0 Å². The normalized spacial score (nSPS) is 10.1. The second-order valence-corrected chi connectivity index (χ2v) is 3.28. The lowest BCUT2D eigenvalue weighted by atomic mass is 10.5. The molecule has 0 aliphatic heterocycles. The van der Waals surface area contributed by atoms with E-state index < -0.39 is 0 Å². The number of aliphatic hydroxyl groups is 1. The molecule has 1 heterocycles. The maximum absolute atomic E-state index is 8.65. The molecule has 0 fully saturated rings. The molecule has 0 amide bonds. The zero-order valence-corrected chi connectivity index (χ0v) is 10.1. The third-order valence-electron chi connectivity index (χ3n) is 1.84. The van der Waals surface area contributed by atoms with Crippen molar-refractivity contribution >= 4 is 5.95 Å². The molecule has 0 saturated heterocycles. The molecule has 2 N–H and O–H groups in total. The maximum atomic E-state index is 8.65. The lowest BCUT2D eigenvalue weighted by Gasteiger charge is -2.07. The van der Waals surface area contributed by atoms with Crippen LogP contribution in [0.3, 0.4) is 0 Å². The van der Waals surface area contributed by atoms with Crippen molar-refractivity contribution in [3.05, 3.63) is 0 Å². The molecule has 0 radical (unpaired) electrons. The first-order valence-electron chi connectivity index (χ1n) is 5.57. The summed E-state index contributed by atoms with van der Waals surface area (Å²) in [5.74, 6) is 0.428. The van der Waals surface area contributed by atoms with Crippen LogP contribution in [0.2, 0.25) is 0 Å². The van der Waals surface area contributed by atoms with E-state index in [1.54, 1.807) is 0 Å². The van der Waals surface area contributed by atoms with Crippen LogP contribution in [0.15, 0.2) is 0 Å². The monoisotopic (exact) mass is 242 g/mol. The molecular formula is C10H18N4O3. The molecule has 1 aromatic rings. The maximum Gasteiger partial charge on any atom is 0.324 e. The highest BCUT2D eigenvalue weighted by atomic mass is 16.5. The van der Waals surface area contributed by atoms with E-state index in [4.69, 9.17) is 14.6 Å². The van der Waals surface area contributed by atoms with E-state index in [1.807, 2.05) is 6.92 Å². The van der Waals surface area contributed by atoms with E-state index in [0.29, 0.717) is 19.0 Å². The van der Waals surface area contributed by atoms with Gasteiger partial charge in [-0.2, -0.15) is 9.97 Å². The summed E-state index contributed by atoms with van der Waals surface area (Å²) in [7, 11) is 1.48. The molecule has 1 aromatic heterocycles. The van der Waals surface area contributed by atoms with Crippen LogP contribution in [0.1, 0.15) is 19.8 Å². The van der Waals surface area contributed by atoms with Gasteiger partial charge in [0.25, 0.3) is 0 Å². The van der Waals surface area contributed by atoms with Crippen LogP contribution in [0.25, 0.3) is 0 Å². The van der Waals surface area contributed by atoms with Crippen LogP contribution in [-0.4, -0.2) is 46.9 Å². The second-order valence-electron chi connectivity index (χ2n) is 3.28. The van der Waals surface area contributed by atoms with Crippen molar-refractivity contribution in [2.75, 3.05) is 32.2 Å². The molecule has 0 aromatic carbocycles. The van der Waals surface area contributed by atoms with Crippen molar-refractivity contribution in [3.8, 4) is 12.0 Å². The number of rotatable bonds is 8. The number of aromatic nitrogens is 3. The fourth-order valence-electron chi connectivity index (χ4n) is 1.04. The summed E-state index contributed by atoms with van der Waals surface area (Å²) in [5.41, 5.74) is 0. The SMILES string of the molecule is CCCNc1nc(OC)nc(OCCCO)n1. The van der Waals surface area contributed by atoms with Crippen LogP contribution in [0.4, 0.5) is 5.95 Å². The van der Waals surface area contributed by atoms with Gasteiger partial charge in [-0.3, -0.25) is 0 Å². The van der Waals surface area contributed by atoms with Crippen LogP contribution in [0, 0.1) is 0 Å². The highest BCUT2D eigenvalue weighted by Crippen LogP contribution is 2.12. The van der Waals surface area contributed by atoms with Gasteiger partial charge >= 0.3 is 12.0 Å². The predicted octanol–water partition coefficient (Wildman–Crippen LogP) is 0.463. The molecule has 17 heavy (non-hydrogen) atoms. The third-order valence-corrected chi connectivity index (χ3v) is 1.84. The molecule has 7 heteroatoms. The van der Waals surface area contributed by atoms with Crippen molar-refractivity contribution in [3.63, 3.8) is 0 Å². The molecule has 0 saturated carbocycles. The molecule has 1 rings (SSSR count). The van der Waals surface area contributed by atoms with E-state index >= 15 is 0 Å². The molecule has 0 bridgehead atoms. The number of hydrogen-bond donors (Lipinski definition) is 2. The van der Waals surface area contributed by atoms with Crippen LogP contribution >= 0.6 is 0 Å². The second kappa shape index (κ2) is 7.61. The Labute approximate surface area is 100 Å². The van der Waals surface area contributed by atoms with Crippen molar-refractivity contribution in [1.82, 2.24) is 15.0 Å². The first-order valence-corrected chi connectivity index (χ1v) is 5.57. The van der Waals surface area contributed by atoms with Gasteiger partial charge in [-0.1, -0.05) is 6.92 Å². The average Bonchev–Trinajstić information content (AvgIpc) is 2.36. The van der Waals surface area contributed by atoms with Gasteiger partial charge in [-0.05, 0) is 6.42 Å². The lowest BCUT2D eigenvalue weighted by molar-refractivity contribution is 0.221. The number of hydrogen-bond acceptors (Lipinski definition) is 7. The predicted molar refractivity (Wildman–Crippen MR) is 62.4 cm³/mol. The van der Waals surface area contributed by atoms with Crippen LogP contribution in [0.5, 0.6) is 12.0 Å². The van der Waals surface area contributed by atoms with Crippen molar-refractivity contribution in [2.45, 2.75) is 19.8 Å². The Morgan fingerprint density at radius 3 is 2.65 bits per heavy atom. The minimum atomic E-state index is 0.0726. The summed E-state index contributed by atoms with van der Waals surface area (Å²) in [6, 6.07) is 0.404.